The summed E-state index contributed by atoms with van der Waals surface area (Å²) in [5.41, 5.74) is 0.604. The standard InChI is InChI=1S/C13H17ClFNO2S/c1-10-4-6-16(7-5-10)19(17,18)13-8-11(9-14)2-3-12(13)15/h2-3,8,10H,4-7,9H2,1H3. The van der Waals surface area contributed by atoms with Gasteiger partial charge in [0.15, 0.2) is 0 Å². The van der Waals surface area contributed by atoms with Crippen molar-refractivity contribution >= 4 is 21.6 Å². The van der Waals surface area contributed by atoms with Crippen LogP contribution in [0.1, 0.15) is 25.3 Å². The lowest BCUT2D eigenvalue weighted by atomic mass is 10.0. The maximum absolute atomic E-state index is 13.8. The SMILES string of the molecule is CC1CCN(S(=O)(=O)c2cc(CCl)ccc2F)CC1. The highest BCUT2D eigenvalue weighted by molar-refractivity contribution is 7.89. The highest BCUT2D eigenvalue weighted by Crippen LogP contribution is 2.26. The molecule has 0 saturated carbocycles. The molecule has 1 aliphatic heterocycles. The molecule has 0 unspecified atom stereocenters. The highest BCUT2D eigenvalue weighted by atomic mass is 35.5. The third-order valence-electron chi connectivity index (χ3n) is 3.51. The van der Waals surface area contributed by atoms with Gasteiger partial charge in [-0.1, -0.05) is 13.0 Å². The monoisotopic (exact) mass is 305 g/mol. The molecule has 1 saturated heterocycles. The van der Waals surface area contributed by atoms with Crippen LogP contribution in [0.25, 0.3) is 0 Å². The van der Waals surface area contributed by atoms with Crippen LogP contribution in [0.15, 0.2) is 23.1 Å². The molecule has 0 atom stereocenters. The number of nitrogens with zero attached hydrogens (tertiary/aromatic N) is 1. The van der Waals surface area contributed by atoms with Crippen molar-refractivity contribution in [3.63, 3.8) is 0 Å². The van der Waals surface area contributed by atoms with E-state index in [4.69, 9.17) is 11.6 Å². The molecule has 2 rings (SSSR count). The molecule has 1 aromatic rings. The summed E-state index contributed by atoms with van der Waals surface area (Å²) in [5, 5.41) is 0. The average molecular weight is 306 g/mol. The fourth-order valence-electron chi connectivity index (χ4n) is 2.19. The predicted octanol–water partition coefficient (Wildman–Crippen LogP) is 2.99. The second-order valence-corrected chi connectivity index (χ2v) is 7.16. The molecule has 1 aromatic carbocycles. The Labute approximate surface area is 118 Å². The molecular formula is C13H17ClFNO2S. The fraction of sp³-hybridized carbons (Fsp3) is 0.538. The van der Waals surface area contributed by atoms with Crippen LogP contribution in [-0.4, -0.2) is 25.8 Å². The summed E-state index contributed by atoms with van der Waals surface area (Å²) < 4.78 is 40.0. The summed E-state index contributed by atoms with van der Waals surface area (Å²) in [6.45, 7) is 3.00. The van der Waals surface area contributed by atoms with Crippen molar-refractivity contribution < 1.29 is 12.8 Å². The lowest BCUT2D eigenvalue weighted by Gasteiger charge is -2.29. The molecule has 19 heavy (non-hydrogen) atoms. The lowest BCUT2D eigenvalue weighted by Crippen LogP contribution is -2.38. The summed E-state index contributed by atoms with van der Waals surface area (Å²) in [7, 11) is -3.75. The maximum Gasteiger partial charge on any atom is 0.245 e. The van der Waals surface area contributed by atoms with E-state index in [9.17, 15) is 12.8 Å². The van der Waals surface area contributed by atoms with E-state index in [1.807, 2.05) is 0 Å². The second-order valence-electron chi connectivity index (χ2n) is 4.99. The number of hydrogen-bond donors (Lipinski definition) is 0. The van der Waals surface area contributed by atoms with Gasteiger partial charge in [-0.3, -0.25) is 0 Å². The Morgan fingerprint density at radius 3 is 2.58 bits per heavy atom. The van der Waals surface area contributed by atoms with Crippen molar-refractivity contribution in [1.29, 1.82) is 0 Å². The molecule has 0 aromatic heterocycles. The zero-order valence-corrected chi connectivity index (χ0v) is 12.3. The normalized spacial score (nSPS) is 18.7. The van der Waals surface area contributed by atoms with E-state index in [0.717, 1.165) is 18.9 Å². The third kappa shape index (κ3) is 3.09. The summed E-state index contributed by atoms with van der Waals surface area (Å²) in [4.78, 5) is -0.264. The molecule has 6 heteroatoms. The zero-order chi connectivity index (χ0) is 14.0. The Bertz CT molecular complexity index is 554. The van der Waals surface area contributed by atoms with Crippen LogP contribution in [0.5, 0.6) is 0 Å². The van der Waals surface area contributed by atoms with Gasteiger partial charge in [0.25, 0.3) is 0 Å². The molecule has 0 radical (unpaired) electrons. The molecule has 1 aliphatic rings. The van der Waals surface area contributed by atoms with Gasteiger partial charge in [0, 0.05) is 19.0 Å². The number of alkyl halides is 1. The van der Waals surface area contributed by atoms with Crippen molar-refractivity contribution in [2.75, 3.05) is 13.1 Å². The molecule has 0 bridgehead atoms. The van der Waals surface area contributed by atoms with Crippen molar-refractivity contribution in [2.24, 2.45) is 5.92 Å². The van der Waals surface area contributed by atoms with Crippen LogP contribution in [0.3, 0.4) is 0 Å². The Hall–Kier alpha value is -0.650. The van der Waals surface area contributed by atoms with Gasteiger partial charge in [-0.15, -0.1) is 11.6 Å². The smallest absolute Gasteiger partial charge is 0.207 e. The fourth-order valence-corrected chi connectivity index (χ4v) is 3.94. The first kappa shape index (κ1) is 14.8. The minimum Gasteiger partial charge on any atom is -0.207 e. The number of benzene rings is 1. The molecule has 1 fully saturated rings. The van der Waals surface area contributed by atoms with E-state index >= 15 is 0 Å². The first-order chi connectivity index (χ1) is 8.95. The summed E-state index contributed by atoms with van der Waals surface area (Å²) in [6, 6.07) is 3.99. The van der Waals surface area contributed by atoms with Crippen molar-refractivity contribution in [1.82, 2.24) is 4.31 Å². The topological polar surface area (TPSA) is 37.4 Å². The number of piperidine rings is 1. The van der Waals surface area contributed by atoms with Crippen LogP contribution in [0, 0.1) is 11.7 Å². The van der Waals surface area contributed by atoms with Gasteiger partial charge >= 0.3 is 0 Å². The number of rotatable bonds is 3. The maximum atomic E-state index is 13.8. The van der Waals surface area contributed by atoms with Crippen LogP contribution >= 0.6 is 11.6 Å². The van der Waals surface area contributed by atoms with Crippen molar-refractivity contribution in [2.45, 2.75) is 30.5 Å². The zero-order valence-electron chi connectivity index (χ0n) is 10.8. The van der Waals surface area contributed by atoms with Gasteiger partial charge in [-0.05, 0) is 36.5 Å². The predicted molar refractivity (Wildman–Crippen MR) is 73.1 cm³/mol. The average Bonchev–Trinajstić information content (AvgIpc) is 2.39. The van der Waals surface area contributed by atoms with Gasteiger partial charge in [0.2, 0.25) is 10.0 Å². The minimum atomic E-state index is -3.75. The number of sulfonamides is 1. The molecule has 0 N–H and O–H groups in total. The first-order valence-corrected chi connectivity index (χ1v) is 8.27. The van der Waals surface area contributed by atoms with Gasteiger partial charge in [0.1, 0.15) is 10.7 Å². The largest absolute Gasteiger partial charge is 0.245 e. The van der Waals surface area contributed by atoms with Gasteiger partial charge in [-0.25, -0.2) is 12.8 Å². The van der Waals surface area contributed by atoms with Gasteiger partial charge in [-0.2, -0.15) is 4.31 Å². The van der Waals surface area contributed by atoms with Gasteiger partial charge in [0.05, 0.1) is 0 Å². The van der Waals surface area contributed by atoms with E-state index in [0.29, 0.717) is 24.6 Å². The quantitative estimate of drug-likeness (QED) is 0.805. The Kier molecular flexibility index (Phi) is 4.48. The van der Waals surface area contributed by atoms with Crippen LogP contribution < -0.4 is 0 Å². The van der Waals surface area contributed by atoms with E-state index in [2.05, 4.69) is 6.92 Å². The Morgan fingerprint density at radius 2 is 2.00 bits per heavy atom. The minimum absolute atomic E-state index is 0.167. The van der Waals surface area contributed by atoms with Crippen molar-refractivity contribution in [3.05, 3.63) is 29.6 Å². The van der Waals surface area contributed by atoms with E-state index < -0.39 is 15.8 Å². The Balaban J connectivity index is 2.34. The molecule has 1 heterocycles. The number of hydrogen-bond acceptors (Lipinski definition) is 2. The first-order valence-electron chi connectivity index (χ1n) is 6.29. The van der Waals surface area contributed by atoms with Crippen LogP contribution in [0.2, 0.25) is 0 Å². The molecule has 0 spiro atoms. The van der Waals surface area contributed by atoms with Crippen LogP contribution in [0.4, 0.5) is 4.39 Å². The third-order valence-corrected chi connectivity index (χ3v) is 5.73. The Morgan fingerprint density at radius 1 is 1.37 bits per heavy atom. The van der Waals surface area contributed by atoms with E-state index in [1.165, 1.54) is 16.4 Å². The number of halogens is 2. The molecule has 106 valence electrons. The highest BCUT2D eigenvalue weighted by Gasteiger charge is 2.30. The molecule has 3 nitrogen and oxygen atoms in total. The van der Waals surface area contributed by atoms with Gasteiger partial charge < -0.3 is 0 Å². The van der Waals surface area contributed by atoms with E-state index in [1.54, 1.807) is 0 Å². The summed E-state index contributed by atoms with van der Waals surface area (Å²) >= 11 is 5.68. The second kappa shape index (κ2) is 5.77. The summed E-state index contributed by atoms with van der Waals surface area (Å²) in [5.74, 6) is -0.0298. The van der Waals surface area contributed by atoms with Crippen molar-refractivity contribution in [3.8, 4) is 0 Å². The molecule has 0 amide bonds. The van der Waals surface area contributed by atoms with Crippen LogP contribution in [-0.2, 0) is 15.9 Å². The lowest BCUT2D eigenvalue weighted by molar-refractivity contribution is 0.287. The van der Waals surface area contributed by atoms with E-state index in [-0.39, 0.29) is 10.8 Å². The molecular weight excluding hydrogens is 289 g/mol. The molecule has 0 aliphatic carbocycles. The summed E-state index contributed by atoms with van der Waals surface area (Å²) in [6.07, 6.45) is 1.63.